The van der Waals surface area contributed by atoms with E-state index in [4.69, 9.17) is 27.9 Å². The topological polar surface area (TPSA) is 26.3 Å². The predicted octanol–water partition coefficient (Wildman–Crippen LogP) is 5.10. The SMILES string of the molecule is CC(C)(C)C(=O)C(C)(Br)Oc1ccc(Cl)cc1Cl. The Kier molecular flexibility index (Phi) is 4.74. The van der Waals surface area contributed by atoms with Crippen molar-refractivity contribution in [2.45, 2.75) is 32.2 Å². The van der Waals surface area contributed by atoms with Crippen molar-refractivity contribution in [1.82, 2.24) is 0 Å². The van der Waals surface area contributed by atoms with E-state index in [9.17, 15) is 4.79 Å². The largest absolute Gasteiger partial charge is 0.467 e. The van der Waals surface area contributed by atoms with Crippen molar-refractivity contribution in [1.29, 1.82) is 0 Å². The minimum absolute atomic E-state index is 0.0685. The fraction of sp³-hybridized carbons (Fsp3) is 0.462. The number of ether oxygens (including phenoxy) is 1. The van der Waals surface area contributed by atoms with Gasteiger partial charge in [-0.1, -0.05) is 44.0 Å². The molecule has 0 aliphatic rings. The highest BCUT2D eigenvalue weighted by Gasteiger charge is 2.40. The molecule has 0 N–H and O–H groups in total. The van der Waals surface area contributed by atoms with Crippen LogP contribution in [0.3, 0.4) is 0 Å². The Bertz CT molecular complexity index is 465. The normalized spacial score (nSPS) is 15.1. The van der Waals surface area contributed by atoms with E-state index in [2.05, 4.69) is 15.9 Å². The summed E-state index contributed by atoms with van der Waals surface area (Å²) in [5, 5.41) is 0.889. The van der Waals surface area contributed by atoms with Gasteiger partial charge < -0.3 is 4.74 Å². The standard InChI is InChI=1S/C13H15BrCl2O2/c1-12(2,3)11(17)13(4,14)18-10-6-5-8(15)7-9(10)16/h5-7H,1-4H3. The van der Waals surface area contributed by atoms with Crippen LogP contribution in [0, 0.1) is 5.41 Å². The Labute approximate surface area is 126 Å². The lowest BCUT2D eigenvalue weighted by Gasteiger charge is -2.30. The van der Waals surface area contributed by atoms with Crippen molar-refractivity contribution in [3.05, 3.63) is 28.2 Å². The number of benzene rings is 1. The Morgan fingerprint density at radius 2 is 1.78 bits per heavy atom. The van der Waals surface area contributed by atoms with Crippen LogP contribution < -0.4 is 4.74 Å². The number of Topliss-reactive ketones (excluding diaryl/α,β-unsaturated/α-hetero) is 1. The molecule has 2 nitrogen and oxygen atoms in total. The third-order valence-corrected chi connectivity index (χ3v) is 3.33. The van der Waals surface area contributed by atoms with Gasteiger partial charge in [0.25, 0.3) is 0 Å². The lowest BCUT2D eigenvalue weighted by Crippen LogP contribution is -2.42. The molecule has 5 heteroatoms. The van der Waals surface area contributed by atoms with Gasteiger partial charge in [0.05, 0.1) is 5.02 Å². The van der Waals surface area contributed by atoms with Crippen LogP contribution in [-0.4, -0.2) is 10.3 Å². The van der Waals surface area contributed by atoms with Crippen LogP contribution in [0.5, 0.6) is 5.75 Å². The molecule has 0 saturated carbocycles. The van der Waals surface area contributed by atoms with Crippen molar-refractivity contribution in [2.75, 3.05) is 0 Å². The van der Waals surface area contributed by atoms with Gasteiger partial charge in [0.1, 0.15) is 5.75 Å². The van der Waals surface area contributed by atoms with Gasteiger partial charge in [0.15, 0.2) is 5.78 Å². The molecular formula is C13H15BrCl2O2. The second-order valence-corrected chi connectivity index (χ2v) is 7.53. The molecule has 0 radical (unpaired) electrons. The molecule has 18 heavy (non-hydrogen) atoms. The summed E-state index contributed by atoms with van der Waals surface area (Å²) >= 11 is 15.1. The van der Waals surface area contributed by atoms with Crippen LogP contribution in [0.25, 0.3) is 0 Å². The zero-order valence-corrected chi connectivity index (χ0v) is 13.8. The van der Waals surface area contributed by atoms with E-state index in [-0.39, 0.29) is 5.78 Å². The summed E-state index contributed by atoms with van der Waals surface area (Å²) in [5.41, 5.74) is -0.517. The molecule has 100 valence electrons. The van der Waals surface area contributed by atoms with Gasteiger partial charge in [-0.15, -0.1) is 0 Å². The molecule has 0 saturated heterocycles. The third-order valence-electron chi connectivity index (χ3n) is 2.28. The molecular weight excluding hydrogens is 339 g/mol. The first-order valence-electron chi connectivity index (χ1n) is 5.42. The van der Waals surface area contributed by atoms with Crippen LogP contribution in [0.1, 0.15) is 27.7 Å². The van der Waals surface area contributed by atoms with Crippen molar-refractivity contribution >= 4 is 44.9 Å². The summed E-state index contributed by atoms with van der Waals surface area (Å²) in [7, 11) is 0. The highest BCUT2D eigenvalue weighted by Crippen LogP contribution is 2.36. The summed E-state index contributed by atoms with van der Waals surface area (Å²) in [5.74, 6) is 0.346. The molecule has 1 rings (SSSR count). The summed E-state index contributed by atoms with van der Waals surface area (Å²) in [6.07, 6.45) is 0. The molecule has 0 aromatic heterocycles. The molecule has 0 amide bonds. The van der Waals surface area contributed by atoms with Crippen LogP contribution >= 0.6 is 39.1 Å². The summed E-state index contributed by atoms with van der Waals surface area (Å²) in [6, 6.07) is 4.87. The Morgan fingerprint density at radius 3 is 2.22 bits per heavy atom. The molecule has 0 aliphatic heterocycles. The molecule has 1 atom stereocenters. The van der Waals surface area contributed by atoms with Crippen LogP contribution in [0.2, 0.25) is 10.0 Å². The quantitative estimate of drug-likeness (QED) is 0.706. The van der Waals surface area contributed by atoms with Crippen molar-refractivity contribution in [3.63, 3.8) is 0 Å². The number of hydrogen-bond acceptors (Lipinski definition) is 2. The van der Waals surface area contributed by atoms with E-state index in [1.165, 1.54) is 0 Å². The minimum Gasteiger partial charge on any atom is -0.467 e. The highest BCUT2D eigenvalue weighted by molar-refractivity contribution is 9.10. The average molecular weight is 354 g/mol. The highest BCUT2D eigenvalue weighted by atomic mass is 79.9. The van der Waals surface area contributed by atoms with Gasteiger partial charge in [-0.25, -0.2) is 0 Å². The number of ketones is 1. The maximum Gasteiger partial charge on any atom is 0.218 e. The van der Waals surface area contributed by atoms with Crippen LogP contribution in [0.15, 0.2) is 18.2 Å². The molecule has 0 heterocycles. The van der Waals surface area contributed by atoms with Gasteiger partial charge in [0, 0.05) is 10.4 Å². The van der Waals surface area contributed by atoms with E-state index >= 15 is 0 Å². The van der Waals surface area contributed by atoms with Gasteiger partial charge in [-0.2, -0.15) is 0 Å². The van der Waals surface area contributed by atoms with E-state index < -0.39 is 9.93 Å². The van der Waals surface area contributed by atoms with Crippen LogP contribution in [0.4, 0.5) is 0 Å². The molecule has 0 spiro atoms. The second-order valence-electron chi connectivity index (χ2n) is 5.17. The summed E-state index contributed by atoms with van der Waals surface area (Å²) < 4.78 is 4.53. The molecule has 1 aromatic rings. The first-order valence-corrected chi connectivity index (χ1v) is 6.97. The zero-order valence-electron chi connectivity index (χ0n) is 10.7. The first kappa shape index (κ1) is 15.8. The molecule has 1 unspecified atom stereocenters. The third kappa shape index (κ3) is 3.87. The number of halogens is 3. The Hall–Kier alpha value is -0.250. The number of hydrogen-bond donors (Lipinski definition) is 0. The second kappa shape index (κ2) is 5.40. The zero-order chi connectivity index (χ0) is 14.1. The minimum atomic E-state index is -1.12. The number of rotatable bonds is 3. The van der Waals surface area contributed by atoms with E-state index in [0.717, 1.165) is 0 Å². The monoisotopic (exact) mass is 352 g/mol. The fourth-order valence-electron chi connectivity index (χ4n) is 1.48. The predicted molar refractivity (Wildman–Crippen MR) is 78.9 cm³/mol. The first-order chi connectivity index (χ1) is 8.04. The van der Waals surface area contributed by atoms with Crippen LogP contribution in [-0.2, 0) is 4.79 Å². The molecule has 0 aliphatic carbocycles. The Balaban J connectivity index is 2.99. The maximum absolute atomic E-state index is 12.2. The molecule has 0 fully saturated rings. The van der Waals surface area contributed by atoms with E-state index in [0.29, 0.717) is 15.8 Å². The lowest BCUT2D eigenvalue weighted by atomic mass is 9.88. The van der Waals surface area contributed by atoms with Gasteiger partial charge in [-0.05, 0) is 41.1 Å². The number of alkyl halides is 1. The molecule has 1 aromatic carbocycles. The number of carbonyl (C=O) groups is 1. The van der Waals surface area contributed by atoms with Gasteiger partial charge in [0.2, 0.25) is 4.51 Å². The smallest absolute Gasteiger partial charge is 0.218 e. The van der Waals surface area contributed by atoms with Crippen molar-refractivity contribution < 1.29 is 9.53 Å². The average Bonchev–Trinajstić information content (AvgIpc) is 2.20. The lowest BCUT2D eigenvalue weighted by molar-refractivity contribution is -0.134. The van der Waals surface area contributed by atoms with E-state index in [1.54, 1.807) is 25.1 Å². The van der Waals surface area contributed by atoms with Gasteiger partial charge in [-0.3, -0.25) is 4.79 Å². The van der Waals surface area contributed by atoms with Crippen molar-refractivity contribution in [2.24, 2.45) is 5.41 Å². The number of carbonyl (C=O) groups excluding carboxylic acids is 1. The Morgan fingerprint density at radius 1 is 1.22 bits per heavy atom. The summed E-state index contributed by atoms with van der Waals surface area (Å²) in [6.45, 7) is 7.16. The van der Waals surface area contributed by atoms with E-state index in [1.807, 2.05) is 20.8 Å². The fourth-order valence-corrected chi connectivity index (χ4v) is 2.70. The molecule has 0 bridgehead atoms. The summed E-state index contributed by atoms with van der Waals surface area (Å²) in [4.78, 5) is 12.2. The van der Waals surface area contributed by atoms with Crippen molar-refractivity contribution in [3.8, 4) is 5.75 Å². The van der Waals surface area contributed by atoms with Gasteiger partial charge >= 0.3 is 0 Å². The maximum atomic E-state index is 12.2.